The van der Waals surface area contributed by atoms with E-state index in [1.807, 2.05) is 12.2 Å². The Labute approximate surface area is 317 Å². The summed E-state index contributed by atoms with van der Waals surface area (Å²) >= 11 is 0. The molecule has 0 unspecified atom stereocenters. The van der Waals surface area contributed by atoms with Crippen LogP contribution in [0.25, 0.3) is 0 Å². The quantitative estimate of drug-likeness (QED) is 0.0281. The van der Waals surface area contributed by atoms with Crippen molar-refractivity contribution in [1.29, 1.82) is 0 Å². The van der Waals surface area contributed by atoms with Gasteiger partial charge in [0.2, 0.25) is 0 Å². The monoisotopic (exact) mass is 749 g/mol. The molecule has 9 heteroatoms. The number of unbranched alkanes of at least 4 members (excludes halogenated alkanes) is 14. The Morgan fingerprint density at radius 3 is 1.46 bits per heavy atom. The van der Waals surface area contributed by atoms with Gasteiger partial charge in [-0.2, -0.15) is 0 Å². The van der Waals surface area contributed by atoms with Crippen LogP contribution in [0.15, 0.2) is 72.9 Å². The third-order valence-electron chi connectivity index (χ3n) is 8.21. The Bertz CT molecular complexity index is 1070. The number of esters is 2. The molecule has 298 valence electrons. The van der Waals surface area contributed by atoms with Crippen molar-refractivity contribution >= 4 is 19.8 Å². The molecule has 0 fully saturated rings. The van der Waals surface area contributed by atoms with Crippen molar-refractivity contribution in [2.75, 3.05) is 13.2 Å². The number of hydrogen-bond acceptors (Lipinski definition) is 6. The molecule has 0 saturated heterocycles. The second-order valence-electron chi connectivity index (χ2n) is 13.2. The molecule has 52 heavy (non-hydrogen) atoms. The summed E-state index contributed by atoms with van der Waals surface area (Å²) in [5.41, 5.74) is 0. The first kappa shape index (κ1) is 49.5. The second-order valence-corrected chi connectivity index (χ2v) is 14.5. The van der Waals surface area contributed by atoms with Crippen LogP contribution >= 0.6 is 7.82 Å². The van der Waals surface area contributed by atoms with Crippen LogP contribution in [0.4, 0.5) is 0 Å². The number of ether oxygens (including phenoxy) is 2. The molecule has 8 nitrogen and oxygen atoms in total. The Morgan fingerprint density at radius 1 is 0.519 bits per heavy atom. The standard InChI is InChI=1S/C43H73O8P/c1-3-5-7-9-11-13-15-17-19-21-23-25-27-29-31-33-35-37-42(44)49-39-41(40-50-52(46,47)48)51-43(45)38-36-34-32-30-28-26-24-22-20-18-16-14-12-10-8-6-4-2/h6,8,12,14,17-20,24,26,30,32,41H,3-5,7,9-11,13,15-16,21-23,25,27-29,31,33-40H2,1-2H3,(H2,46,47,48)/b8-6+,14-12+,19-17+,20-18+,26-24+,32-30+/t41-/m1/s1. The van der Waals surface area contributed by atoms with Gasteiger partial charge in [-0.3, -0.25) is 14.1 Å². The van der Waals surface area contributed by atoms with Gasteiger partial charge in [0.15, 0.2) is 6.10 Å². The lowest BCUT2D eigenvalue weighted by molar-refractivity contribution is -0.161. The van der Waals surface area contributed by atoms with Gasteiger partial charge < -0.3 is 19.3 Å². The Balaban J connectivity index is 4.05. The van der Waals surface area contributed by atoms with Gasteiger partial charge in [-0.1, -0.05) is 151 Å². The molecule has 0 aliphatic carbocycles. The molecule has 0 aliphatic rings. The van der Waals surface area contributed by atoms with Gasteiger partial charge in [-0.25, -0.2) is 4.57 Å². The van der Waals surface area contributed by atoms with E-state index in [4.69, 9.17) is 19.3 Å². The number of phosphoric acid groups is 1. The van der Waals surface area contributed by atoms with Gasteiger partial charge in [0, 0.05) is 12.8 Å². The average molecular weight is 749 g/mol. The van der Waals surface area contributed by atoms with Crippen molar-refractivity contribution in [2.24, 2.45) is 0 Å². The van der Waals surface area contributed by atoms with E-state index >= 15 is 0 Å². The molecule has 2 N–H and O–H groups in total. The predicted octanol–water partition coefficient (Wildman–Crippen LogP) is 12.3. The van der Waals surface area contributed by atoms with E-state index in [0.717, 1.165) is 57.8 Å². The van der Waals surface area contributed by atoms with Crippen molar-refractivity contribution in [3.8, 4) is 0 Å². The zero-order valence-electron chi connectivity index (χ0n) is 32.7. The molecule has 0 aliphatic heterocycles. The van der Waals surface area contributed by atoms with Gasteiger partial charge in [-0.15, -0.1) is 0 Å². The van der Waals surface area contributed by atoms with Crippen LogP contribution in [-0.4, -0.2) is 41.0 Å². The number of carbonyl (C=O) groups excluding carboxylic acids is 2. The lowest BCUT2D eigenvalue weighted by Gasteiger charge is -2.18. The molecule has 0 spiro atoms. The number of allylic oxidation sites excluding steroid dienone is 12. The molecular weight excluding hydrogens is 675 g/mol. The number of rotatable bonds is 36. The zero-order chi connectivity index (χ0) is 38.2. The maximum Gasteiger partial charge on any atom is 0.469 e. The number of phosphoric ester groups is 1. The summed E-state index contributed by atoms with van der Waals surface area (Å²) in [5.74, 6) is -0.963. The van der Waals surface area contributed by atoms with Crippen LogP contribution in [0.5, 0.6) is 0 Å². The van der Waals surface area contributed by atoms with Gasteiger partial charge in [0.05, 0.1) is 6.61 Å². The molecule has 0 saturated carbocycles. The summed E-state index contributed by atoms with van der Waals surface area (Å²) in [6.45, 7) is 3.51. The molecule has 0 radical (unpaired) electrons. The first-order valence-electron chi connectivity index (χ1n) is 20.2. The number of hydrogen-bond donors (Lipinski definition) is 2. The molecule has 0 aromatic heterocycles. The van der Waals surface area contributed by atoms with Crippen LogP contribution in [-0.2, 0) is 28.2 Å². The average Bonchev–Trinajstić information content (AvgIpc) is 3.11. The third-order valence-corrected chi connectivity index (χ3v) is 8.69. The summed E-state index contributed by atoms with van der Waals surface area (Å²) in [6.07, 6.45) is 49.1. The first-order chi connectivity index (χ1) is 25.3. The lowest BCUT2D eigenvalue weighted by Crippen LogP contribution is -2.29. The summed E-state index contributed by atoms with van der Waals surface area (Å²) in [7, 11) is -4.77. The van der Waals surface area contributed by atoms with Crippen LogP contribution in [0.2, 0.25) is 0 Å². The van der Waals surface area contributed by atoms with E-state index in [2.05, 4.69) is 79.1 Å². The van der Waals surface area contributed by atoms with E-state index in [9.17, 15) is 14.2 Å². The second kappa shape index (κ2) is 38.2. The highest BCUT2D eigenvalue weighted by molar-refractivity contribution is 7.46. The molecule has 0 bridgehead atoms. The van der Waals surface area contributed by atoms with Crippen molar-refractivity contribution < 1.29 is 37.9 Å². The molecule has 0 aromatic carbocycles. The highest BCUT2D eigenvalue weighted by Gasteiger charge is 2.22. The zero-order valence-corrected chi connectivity index (χ0v) is 33.6. The number of carbonyl (C=O) groups is 2. The third kappa shape index (κ3) is 40.3. The van der Waals surface area contributed by atoms with Crippen LogP contribution in [0.3, 0.4) is 0 Å². The molecule has 1 atom stereocenters. The molecule has 0 amide bonds. The van der Waals surface area contributed by atoms with Gasteiger partial charge in [0.25, 0.3) is 0 Å². The molecule has 0 heterocycles. The summed E-state index contributed by atoms with van der Waals surface area (Å²) in [4.78, 5) is 42.8. The Morgan fingerprint density at radius 2 is 0.942 bits per heavy atom. The van der Waals surface area contributed by atoms with E-state index in [1.54, 1.807) is 0 Å². The van der Waals surface area contributed by atoms with Gasteiger partial charge in [0.1, 0.15) is 6.61 Å². The fourth-order valence-electron chi connectivity index (χ4n) is 5.23. The van der Waals surface area contributed by atoms with E-state index < -0.39 is 32.5 Å². The van der Waals surface area contributed by atoms with E-state index in [1.165, 1.54) is 64.2 Å². The lowest BCUT2D eigenvalue weighted by atomic mass is 10.1. The summed E-state index contributed by atoms with van der Waals surface area (Å²) < 4.78 is 26.3. The van der Waals surface area contributed by atoms with E-state index in [-0.39, 0.29) is 19.4 Å². The fraction of sp³-hybridized carbons (Fsp3) is 0.674. The highest BCUT2D eigenvalue weighted by atomic mass is 31.2. The van der Waals surface area contributed by atoms with Gasteiger partial charge in [-0.05, 0) is 77.0 Å². The minimum Gasteiger partial charge on any atom is -0.462 e. The Hall–Kier alpha value is -2.51. The van der Waals surface area contributed by atoms with Crippen LogP contribution in [0.1, 0.15) is 168 Å². The van der Waals surface area contributed by atoms with Crippen LogP contribution < -0.4 is 0 Å². The maximum atomic E-state index is 12.4. The van der Waals surface area contributed by atoms with Crippen molar-refractivity contribution in [2.45, 2.75) is 174 Å². The Kier molecular flexibility index (Phi) is 36.4. The van der Waals surface area contributed by atoms with E-state index in [0.29, 0.717) is 19.3 Å². The summed E-state index contributed by atoms with van der Waals surface area (Å²) in [5, 5.41) is 0. The van der Waals surface area contributed by atoms with Crippen molar-refractivity contribution in [1.82, 2.24) is 0 Å². The van der Waals surface area contributed by atoms with Crippen LogP contribution in [0, 0.1) is 0 Å². The first-order valence-corrected chi connectivity index (χ1v) is 21.8. The maximum absolute atomic E-state index is 12.4. The topological polar surface area (TPSA) is 119 Å². The summed E-state index contributed by atoms with van der Waals surface area (Å²) in [6, 6.07) is 0. The normalized spacial score (nSPS) is 13.2. The SMILES string of the molecule is CC/C=C/C/C=C/C/C=C/C/C=C/C/C=C/CCCC(=O)O[C@H](COC(=O)CCCCCCCCC/C=C/CCCCCCCC)COP(=O)(O)O. The molecular formula is C43H73O8P. The molecule has 0 rings (SSSR count). The minimum atomic E-state index is -4.77. The minimum absolute atomic E-state index is 0.130. The molecule has 0 aromatic rings. The van der Waals surface area contributed by atoms with Crippen molar-refractivity contribution in [3.05, 3.63) is 72.9 Å². The highest BCUT2D eigenvalue weighted by Crippen LogP contribution is 2.36. The predicted molar refractivity (Wildman–Crippen MR) is 216 cm³/mol. The van der Waals surface area contributed by atoms with Gasteiger partial charge >= 0.3 is 19.8 Å². The van der Waals surface area contributed by atoms with Crippen molar-refractivity contribution in [3.63, 3.8) is 0 Å². The smallest absolute Gasteiger partial charge is 0.462 e. The fourth-order valence-corrected chi connectivity index (χ4v) is 5.59. The largest absolute Gasteiger partial charge is 0.469 e.